The van der Waals surface area contributed by atoms with Crippen molar-refractivity contribution in [1.29, 1.82) is 0 Å². The van der Waals surface area contributed by atoms with Crippen molar-refractivity contribution in [3.8, 4) is 5.75 Å². The van der Waals surface area contributed by atoms with Crippen molar-refractivity contribution in [1.82, 2.24) is 26.6 Å². The molecule has 0 bridgehead atoms. The topological polar surface area (TPSA) is 229 Å². The predicted molar refractivity (Wildman–Crippen MR) is 280 cm³/mol. The number of amides is 5. The van der Waals surface area contributed by atoms with Gasteiger partial charge < -0.3 is 56.4 Å². The Hall–Kier alpha value is -7.47. The number of phenols is 1. The Bertz CT molecular complexity index is 2870. The van der Waals surface area contributed by atoms with Gasteiger partial charge in [0.05, 0.1) is 12.1 Å². The van der Waals surface area contributed by atoms with E-state index >= 15 is 9.59 Å². The number of ether oxygens (including phenoxy) is 4. The summed E-state index contributed by atoms with van der Waals surface area (Å²) in [7, 11) is 0. The molecule has 390 valence electrons. The van der Waals surface area contributed by atoms with Crippen LogP contribution in [0.3, 0.4) is 0 Å². The van der Waals surface area contributed by atoms with Crippen LogP contribution in [0.15, 0.2) is 158 Å². The quantitative estimate of drug-likeness (QED) is 0.0556. The molecule has 16 heteroatoms. The zero-order chi connectivity index (χ0) is 52.7. The SMILES string of the molecule is C[C@@H](OC(c1ccccc1)(c1ccccc1)c1ccccc1)C1NC(=O)[C@H](CCCCN)NC(=O)[C@H](Cc2ccc3ccccc3c2)NC(=O)[C@H](Cc2ccc(O)cc2)NC(=O)[C@H]2O[C@@H]3OC(C)(C)OC3[C@@H]2NC1=O. The fourth-order valence-electron chi connectivity index (χ4n) is 10.3. The van der Waals surface area contributed by atoms with E-state index in [1.54, 1.807) is 32.9 Å². The van der Waals surface area contributed by atoms with E-state index in [1.807, 2.05) is 133 Å². The van der Waals surface area contributed by atoms with Crippen molar-refractivity contribution in [2.24, 2.45) is 5.73 Å². The first-order valence-electron chi connectivity index (χ1n) is 25.5. The molecule has 3 aliphatic rings. The molecule has 6 aromatic rings. The lowest BCUT2D eigenvalue weighted by Crippen LogP contribution is -2.64. The van der Waals surface area contributed by atoms with Crippen LogP contribution in [0.4, 0.5) is 0 Å². The zero-order valence-corrected chi connectivity index (χ0v) is 42.1. The molecule has 3 aliphatic heterocycles. The molecule has 3 heterocycles. The van der Waals surface area contributed by atoms with Gasteiger partial charge in [0, 0.05) is 12.8 Å². The number of unbranched alkanes of at least 4 members (excludes halogenated alkanes) is 1. The number of hydrogen-bond donors (Lipinski definition) is 7. The summed E-state index contributed by atoms with van der Waals surface area (Å²) < 4.78 is 26.1. The van der Waals surface area contributed by atoms with Crippen molar-refractivity contribution >= 4 is 40.3 Å². The van der Waals surface area contributed by atoms with E-state index in [1.165, 1.54) is 12.1 Å². The Morgan fingerprint density at radius 2 is 1.11 bits per heavy atom. The molecule has 3 fully saturated rings. The van der Waals surface area contributed by atoms with Crippen LogP contribution in [-0.2, 0) is 61.4 Å². The number of aromatic hydroxyl groups is 1. The third kappa shape index (κ3) is 11.9. The minimum atomic E-state index is -1.50. The van der Waals surface area contributed by atoms with Gasteiger partial charge in [0.15, 0.2) is 18.2 Å². The monoisotopic (exact) mass is 1020 g/mol. The lowest BCUT2D eigenvalue weighted by molar-refractivity contribution is -0.208. The van der Waals surface area contributed by atoms with Crippen molar-refractivity contribution in [3.05, 3.63) is 186 Å². The molecule has 0 saturated carbocycles. The van der Waals surface area contributed by atoms with Gasteiger partial charge in [-0.05, 0) is 97.3 Å². The summed E-state index contributed by atoms with van der Waals surface area (Å²) in [6.45, 7) is 5.38. The van der Waals surface area contributed by atoms with Crippen LogP contribution in [-0.4, -0.2) is 102 Å². The van der Waals surface area contributed by atoms with E-state index in [4.69, 9.17) is 24.7 Å². The number of fused-ring (bicyclic) bond motifs is 4. The largest absolute Gasteiger partial charge is 0.508 e. The summed E-state index contributed by atoms with van der Waals surface area (Å²) in [6, 6.07) is 41.8. The molecule has 3 saturated heterocycles. The summed E-state index contributed by atoms with van der Waals surface area (Å²) >= 11 is 0. The van der Waals surface area contributed by atoms with E-state index in [0.717, 1.165) is 27.5 Å². The van der Waals surface area contributed by atoms with Gasteiger partial charge in [-0.15, -0.1) is 0 Å². The van der Waals surface area contributed by atoms with E-state index in [0.29, 0.717) is 30.5 Å². The molecule has 16 nitrogen and oxygen atoms in total. The molecule has 0 radical (unpaired) electrons. The smallest absolute Gasteiger partial charge is 0.252 e. The third-order valence-corrected chi connectivity index (χ3v) is 14.0. The highest BCUT2D eigenvalue weighted by atomic mass is 16.8. The highest BCUT2D eigenvalue weighted by Gasteiger charge is 2.58. The Labute approximate surface area is 436 Å². The van der Waals surface area contributed by atoms with E-state index in [9.17, 15) is 19.5 Å². The van der Waals surface area contributed by atoms with Gasteiger partial charge in [-0.25, -0.2) is 0 Å². The fourth-order valence-corrected chi connectivity index (χ4v) is 10.3. The Morgan fingerprint density at radius 1 is 0.587 bits per heavy atom. The molecule has 6 aromatic carbocycles. The minimum Gasteiger partial charge on any atom is -0.508 e. The van der Waals surface area contributed by atoms with E-state index in [-0.39, 0.29) is 25.0 Å². The summed E-state index contributed by atoms with van der Waals surface area (Å²) in [6.07, 6.45) is -3.80. The van der Waals surface area contributed by atoms with Crippen molar-refractivity contribution in [3.63, 3.8) is 0 Å². The number of hydrogen-bond acceptors (Lipinski definition) is 11. The Kier molecular flexibility index (Phi) is 16.0. The number of carbonyl (C=O) groups is 5. The van der Waals surface area contributed by atoms with Crippen LogP contribution in [0.5, 0.6) is 5.75 Å². The van der Waals surface area contributed by atoms with Gasteiger partial charge in [-0.3, -0.25) is 24.0 Å². The van der Waals surface area contributed by atoms with Gasteiger partial charge in [0.2, 0.25) is 23.6 Å². The van der Waals surface area contributed by atoms with Crippen LogP contribution in [0, 0.1) is 0 Å². The number of carbonyl (C=O) groups excluding carboxylic acids is 5. The van der Waals surface area contributed by atoms with Crippen molar-refractivity contribution in [2.75, 3.05) is 6.54 Å². The first kappa shape index (κ1) is 52.4. The van der Waals surface area contributed by atoms with Crippen molar-refractivity contribution < 1.29 is 48.0 Å². The summed E-state index contributed by atoms with van der Waals surface area (Å²) in [5, 5.41) is 26.7. The molecule has 5 amide bonds. The average molecular weight is 1020 g/mol. The maximum absolute atomic E-state index is 15.5. The molecule has 2 unspecified atom stereocenters. The highest BCUT2D eigenvalue weighted by Crippen LogP contribution is 2.42. The molecule has 8 N–H and O–H groups in total. The lowest BCUT2D eigenvalue weighted by Gasteiger charge is -2.40. The molecular weight excluding hydrogens is 953 g/mol. The highest BCUT2D eigenvalue weighted by molar-refractivity contribution is 5.97. The second-order valence-electron chi connectivity index (χ2n) is 19.9. The standard InChI is InChI=1S/C59H64N6O10/c1-36(73-59(41-19-7-4-8-20-41,42-21-9-5-10-22-42)43-23-11-6-12-24-43)48-55(70)65-49-50(72-57-51(49)74-58(2,3)75-57)56(71)63-46(34-37-27-30-44(66)31-28-37)54(69)62-47(35-38-26-29-39-17-13-14-18-40(39)33-38)53(68)61-45(52(67)64-48)25-15-16-32-60/h4-14,17-24,26-31,33,36,45-51,57,66H,15-16,25,32,34-35,60H2,1-3H3,(H,61,68)(H,62,69)(H,63,71)(H,64,67)(H,65,70)/t36-,45+,46+,47+,48?,49-,50+,51?,57-/m1/s1. The van der Waals surface area contributed by atoms with Gasteiger partial charge in [-0.1, -0.05) is 146 Å². The van der Waals surface area contributed by atoms with Crippen LogP contribution in [0.2, 0.25) is 0 Å². The second kappa shape index (κ2) is 23.0. The average Bonchev–Trinajstić information content (AvgIpc) is 3.91. The van der Waals surface area contributed by atoms with Crippen molar-refractivity contribution in [2.45, 2.75) is 119 Å². The zero-order valence-electron chi connectivity index (χ0n) is 42.1. The molecule has 0 aliphatic carbocycles. The summed E-state index contributed by atoms with van der Waals surface area (Å²) in [4.78, 5) is 75.2. The number of phenolic OH excluding ortho intramolecular Hbond substituents is 1. The van der Waals surface area contributed by atoms with Gasteiger partial charge in [-0.2, -0.15) is 0 Å². The third-order valence-electron chi connectivity index (χ3n) is 14.0. The van der Waals surface area contributed by atoms with Crippen LogP contribution in [0.25, 0.3) is 10.8 Å². The van der Waals surface area contributed by atoms with Crippen LogP contribution >= 0.6 is 0 Å². The second-order valence-corrected chi connectivity index (χ2v) is 19.9. The molecule has 75 heavy (non-hydrogen) atoms. The molecular formula is C59H64N6O10. The summed E-state index contributed by atoms with van der Waals surface area (Å²) in [5.74, 6) is -4.84. The van der Waals surface area contributed by atoms with Gasteiger partial charge >= 0.3 is 0 Å². The lowest BCUT2D eigenvalue weighted by atomic mass is 9.79. The van der Waals surface area contributed by atoms with E-state index < -0.39 is 95.7 Å². The number of nitrogens with two attached hydrogens (primary N) is 1. The maximum atomic E-state index is 15.5. The number of benzene rings is 6. The predicted octanol–water partition coefficient (Wildman–Crippen LogP) is 5.17. The van der Waals surface area contributed by atoms with E-state index in [2.05, 4.69) is 26.6 Å². The molecule has 0 spiro atoms. The number of rotatable bonds is 14. The number of nitrogens with one attached hydrogen (secondary N) is 5. The minimum absolute atomic E-state index is 0.00119. The van der Waals surface area contributed by atoms with Gasteiger partial charge in [0.1, 0.15) is 41.6 Å². The Balaban J connectivity index is 1.15. The Morgan fingerprint density at radius 3 is 1.71 bits per heavy atom. The van der Waals surface area contributed by atoms with Crippen LogP contribution in [0.1, 0.15) is 67.9 Å². The maximum Gasteiger partial charge on any atom is 0.252 e. The summed E-state index contributed by atoms with van der Waals surface area (Å²) in [5.41, 5.74) is 8.11. The van der Waals surface area contributed by atoms with Gasteiger partial charge in [0.25, 0.3) is 5.91 Å². The first-order chi connectivity index (χ1) is 36.2. The molecule has 9 atom stereocenters. The first-order valence-corrected chi connectivity index (χ1v) is 25.5. The van der Waals surface area contributed by atoms with Crippen LogP contribution < -0.4 is 32.3 Å². The molecule has 9 rings (SSSR count). The normalized spacial score (nSPS) is 24.7. The fraction of sp³-hybridized carbons (Fsp3) is 0.339. The molecule has 0 aromatic heterocycles.